The third kappa shape index (κ3) is 7.27. The average Bonchev–Trinajstić information content (AvgIpc) is 2.79. The summed E-state index contributed by atoms with van der Waals surface area (Å²) in [5.74, 6) is 7.89. The molecule has 6 aliphatic carbocycles. The van der Waals surface area contributed by atoms with Gasteiger partial charge in [0.15, 0.2) is 0 Å². The smallest absolute Gasteiger partial charge is 0.0261 e. The van der Waals surface area contributed by atoms with Crippen molar-refractivity contribution in [3.63, 3.8) is 0 Å². The van der Waals surface area contributed by atoms with Gasteiger partial charge in [-0.15, -0.1) is 0 Å². The fraction of sp³-hybridized carbons (Fsp3) is 1.00. The van der Waals surface area contributed by atoms with Gasteiger partial charge in [-0.1, -0.05) is 76.2 Å². The van der Waals surface area contributed by atoms with E-state index in [0.717, 1.165) is 46.8 Å². The zero-order valence-corrected chi connectivity index (χ0v) is 23.3. The van der Waals surface area contributed by atoms with Crippen LogP contribution in [-0.2, 0) is 0 Å². The van der Waals surface area contributed by atoms with Gasteiger partial charge in [0.05, 0.1) is 0 Å². The Kier molecular flexibility index (Phi) is 15.7. The second-order valence-corrected chi connectivity index (χ2v) is 9.99. The van der Waals surface area contributed by atoms with Crippen molar-refractivity contribution in [1.82, 2.24) is 0 Å². The Balaban J connectivity index is 0.000000748. The first-order valence-electron chi connectivity index (χ1n) is 14.7. The Labute approximate surface area is 193 Å². The molecule has 6 rings (SSSR count). The lowest BCUT2D eigenvalue weighted by atomic mass is 9.44. The summed E-state index contributed by atoms with van der Waals surface area (Å²) < 4.78 is 0. The highest BCUT2D eigenvalue weighted by Crippen LogP contribution is 2.66. The van der Waals surface area contributed by atoms with Crippen molar-refractivity contribution in [1.29, 1.82) is 0 Å². The van der Waals surface area contributed by atoms with E-state index in [-0.39, 0.29) is 0 Å². The normalized spacial score (nSPS) is 41.5. The molecule has 2 atom stereocenters. The van der Waals surface area contributed by atoms with E-state index < -0.39 is 0 Å². The molecule has 0 heteroatoms. The fourth-order valence-corrected chi connectivity index (χ4v) is 8.36. The average molecular weight is 423 g/mol. The second-order valence-electron chi connectivity index (χ2n) is 9.99. The minimum atomic E-state index is 0.853. The highest BCUT2D eigenvalue weighted by atomic mass is 14.6. The summed E-state index contributed by atoms with van der Waals surface area (Å²) in [4.78, 5) is 0. The van der Waals surface area contributed by atoms with E-state index in [0.29, 0.717) is 0 Å². The Hall–Kier alpha value is 0. The van der Waals surface area contributed by atoms with Gasteiger partial charge in [-0.25, -0.2) is 0 Å². The summed E-state index contributed by atoms with van der Waals surface area (Å²) in [6.07, 6.45) is 17.8. The number of fused-ring (bicyclic) bond motifs is 2. The van der Waals surface area contributed by atoms with Gasteiger partial charge in [0.1, 0.15) is 0 Å². The molecule has 6 fully saturated rings. The monoisotopic (exact) mass is 422 g/mol. The molecule has 0 spiro atoms. The molecule has 0 nitrogen and oxygen atoms in total. The summed E-state index contributed by atoms with van der Waals surface area (Å²) in [7, 11) is 0. The summed E-state index contributed by atoms with van der Waals surface area (Å²) >= 11 is 0. The van der Waals surface area contributed by atoms with Crippen LogP contribution < -0.4 is 0 Å². The lowest BCUT2D eigenvalue weighted by Crippen LogP contribution is -2.51. The number of rotatable bonds is 1. The summed E-state index contributed by atoms with van der Waals surface area (Å²) in [5.41, 5.74) is 0.853. The van der Waals surface area contributed by atoms with Gasteiger partial charge in [-0.05, 0) is 117 Å². The maximum absolute atomic E-state index is 2.52. The second kappa shape index (κ2) is 15.7. The summed E-state index contributed by atoms with van der Waals surface area (Å²) in [6.45, 7) is 22.5. The third-order valence-corrected chi connectivity index (χ3v) is 8.33. The van der Waals surface area contributed by atoms with E-state index in [9.17, 15) is 0 Å². The van der Waals surface area contributed by atoms with Crippen molar-refractivity contribution in [3.8, 4) is 0 Å². The van der Waals surface area contributed by atoms with Crippen molar-refractivity contribution in [2.24, 2.45) is 46.8 Å². The van der Waals surface area contributed by atoms with E-state index in [1.165, 1.54) is 0 Å². The lowest BCUT2D eigenvalue weighted by molar-refractivity contribution is -0.111. The molecule has 182 valence electrons. The highest BCUT2D eigenvalue weighted by molar-refractivity contribution is 5.05. The van der Waals surface area contributed by atoms with Crippen molar-refractivity contribution >= 4 is 0 Å². The zero-order chi connectivity index (χ0) is 23.3. The quantitative estimate of drug-likeness (QED) is 0.394. The largest absolute Gasteiger partial charge is 0.0683 e. The van der Waals surface area contributed by atoms with E-state index >= 15 is 0 Å². The van der Waals surface area contributed by atoms with Crippen LogP contribution in [0.3, 0.4) is 0 Å². The molecule has 6 bridgehead atoms. The minimum Gasteiger partial charge on any atom is -0.0683 e. The Bertz CT molecular complexity index is 342. The van der Waals surface area contributed by atoms with Crippen LogP contribution in [0.5, 0.6) is 0 Å². The molecule has 0 aromatic carbocycles. The third-order valence-electron chi connectivity index (χ3n) is 8.33. The molecule has 0 saturated heterocycles. The van der Waals surface area contributed by atoms with Crippen LogP contribution in [0.2, 0.25) is 0 Å². The van der Waals surface area contributed by atoms with Gasteiger partial charge in [-0.2, -0.15) is 0 Å². The molecule has 0 aromatic heterocycles. The molecule has 0 heterocycles. The standard InChI is InChI=1S/C20H32.5C2H6/c1-13-2-14-4-15(3-13)9-19(8-14)20-10-16-5-17(11-20)7-18(6-16)12-20;5*1-2/h13-19H,2-12H2,1H3;5*1-2H3. The van der Waals surface area contributed by atoms with E-state index in [1.807, 2.05) is 69.2 Å². The maximum Gasteiger partial charge on any atom is -0.0261 e. The Morgan fingerprint density at radius 1 is 0.400 bits per heavy atom. The minimum absolute atomic E-state index is 0.853. The van der Waals surface area contributed by atoms with Crippen LogP contribution in [0.15, 0.2) is 0 Å². The van der Waals surface area contributed by atoms with Gasteiger partial charge in [0.25, 0.3) is 0 Å². The van der Waals surface area contributed by atoms with Crippen LogP contribution in [0.25, 0.3) is 0 Å². The molecule has 6 aliphatic rings. The highest BCUT2D eigenvalue weighted by Gasteiger charge is 2.55. The first kappa shape index (κ1) is 30.0. The van der Waals surface area contributed by atoms with Crippen LogP contribution in [0.1, 0.15) is 147 Å². The molecule has 0 amide bonds. The van der Waals surface area contributed by atoms with Crippen molar-refractivity contribution < 1.29 is 0 Å². The van der Waals surface area contributed by atoms with Crippen LogP contribution in [0, 0.1) is 46.8 Å². The summed E-state index contributed by atoms with van der Waals surface area (Å²) in [6, 6.07) is 0. The van der Waals surface area contributed by atoms with Gasteiger partial charge in [0.2, 0.25) is 0 Å². The molecule has 0 aromatic rings. The molecule has 0 N–H and O–H groups in total. The van der Waals surface area contributed by atoms with E-state index in [4.69, 9.17) is 0 Å². The molecular formula is C30H62. The van der Waals surface area contributed by atoms with Crippen molar-refractivity contribution in [2.75, 3.05) is 0 Å². The predicted molar refractivity (Wildman–Crippen MR) is 140 cm³/mol. The predicted octanol–water partition coefficient (Wildman–Crippen LogP) is 10.8. The summed E-state index contributed by atoms with van der Waals surface area (Å²) in [5, 5.41) is 0. The van der Waals surface area contributed by atoms with Gasteiger partial charge in [0, 0.05) is 0 Å². The van der Waals surface area contributed by atoms with Crippen LogP contribution >= 0.6 is 0 Å². The first-order chi connectivity index (χ1) is 14.7. The van der Waals surface area contributed by atoms with Crippen molar-refractivity contribution in [3.05, 3.63) is 0 Å². The molecule has 0 aliphatic heterocycles. The van der Waals surface area contributed by atoms with E-state index in [1.54, 1.807) is 70.6 Å². The molecule has 30 heavy (non-hydrogen) atoms. The van der Waals surface area contributed by atoms with Crippen LogP contribution in [-0.4, -0.2) is 0 Å². The molecular weight excluding hydrogens is 360 g/mol. The Morgan fingerprint density at radius 2 is 0.700 bits per heavy atom. The van der Waals surface area contributed by atoms with Gasteiger partial charge >= 0.3 is 0 Å². The maximum atomic E-state index is 2.52. The van der Waals surface area contributed by atoms with Gasteiger partial charge in [-0.3, -0.25) is 0 Å². The zero-order valence-electron chi connectivity index (χ0n) is 23.3. The van der Waals surface area contributed by atoms with Crippen LogP contribution in [0.4, 0.5) is 0 Å². The molecule has 0 radical (unpaired) electrons. The first-order valence-corrected chi connectivity index (χ1v) is 14.7. The molecule has 6 saturated carbocycles. The lowest BCUT2D eigenvalue weighted by Gasteiger charge is -2.61. The van der Waals surface area contributed by atoms with Crippen molar-refractivity contribution in [2.45, 2.75) is 147 Å². The van der Waals surface area contributed by atoms with Gasteiger partial charge < -0.3 is 0 Å². The Morgan fingerprint density at radius 3 is 1.03 bits per heavy atom. The van der Waals surface area contributed by atoms with E-state index in [2.05, 4.69) is 6.92 Å². The SMILES string of the molecule is CC.CC.CC.CC.CC.CC1CC2CC(C1)CC(C13CC4CC(CC(C4)C1)C3)C2. The number of hydrogen-bond donors (Lipinski definition) is 0. The number of hydrogen-bond acceptors (Lipinski definition) is 0. The topological polar surface area (TPSA) is 0 Å². The fourth-order valence-electron chi connectivity index (χ4n) is 8.36. The molecule has 2 unspecified atom stereocenters.